The molecule has 0 unspecified atom stereocenters. The predicted molar refractivity (Wildman–Crippen MR) is 90.1 cm³/mol. The maximum atomic E-state index is 12.3. The van der Waals surface area contributed by atoms with Crippen LogP contribution < -0.4 is 4.74 Å². The molecule has 4 nitrogen and oxygen atoms in total. The van der Waals surface area contributed by atoms with Gasteiger partial charge >= 0.3 is 0 Å². The zero-order chi connectivity index (χ0) is 16.8. The molecular weight excluding hydrogens is 292 g/mol. The first-order valence-corrected chi connectivity index (χ1v) is 7.47. The monoisotopic (exact) mass is 312 g/mol. The summed E-state index contributed by atoms with van der Waals surface area (Å²) < 4.78 is 5.08. The van der Waals surface area contributed by atoms with Crippen molar-refractivity contribution < 1.29 is 19.7 Å². The van der Waals surface area contributed by atoms with E-state index in [1.54, 1.807) is 13.2 Å². The van der Waals surface area contributed by atoms with Crippen molar-refractivity contribution in [1.82, 2.24) is 0 Å². The Balaban J connectivity index is 2.23. The van der Waals surface area contributed by atoms with Crippen LogP contribution in [0.1, 0.15) is 34.8 Å². The number of ether oxygens (including phenoxy) is 1. The molecule has 23 heavy (non-hydrogen) atoms. The van der Waals surface area contributed by atoms with Gasteiger partial charge in [0.15, 0.2) is 5.78 Å². The fourth-order valence-electron chi connectivity index (χ4n) is 2.30. The van der Waals surface area contributed by atoms with Crippen molar-refractivity contribution in [3.63, 3.8) is 0 Å². The molecule has 0 atom stereocenters. The van der Waals surface area contributed by atoms with Gasteiger partial charge in [0.1, 0.15) is 17.2 Å². The number of phenolic OH excluding ortho intramolecular Hbond substituents is 2. The summed E-state index contributed by atoms with van der Waals surface area (Å²) in [5, 5.41) is 20.0. The second kappa shape index (κ2) is 7.49. The van der Waals surface area contributed by atoms with Crippen LogP contribution in [0.3, 0.4) is 0 Å². The van der Waals surface area contributed by atoms with Gasteiger partial charge in [-0.2, -0.15) is 0 Å². The van der Waals surface area contributed by atoms with Gasteiger partial charge in [0.2, 0.25) is 0 Å². The van der Waals surface area contributed by atoms with Gasteiger partial charge in [-0.05, 0) is 42.3 Å². The van der Waals surface area contributed by atoms with Gasteiger partial charge in [-0.15, -0.1) is 0 Å². The third-order valence-corrected chi connectivity index (χ3v) is 3.57. The molecule has 0 aliphatic carbocycles. The minimum Gasteiger partial charge on any atom is -0.508 e. The summed E-state index contributed by atoms with van der Waals surface area (Å²) in [6, 6.07) is 10.2. The van der Waals surface area contributed by atoms with Gasteiger partial charge in [-0.3, -0.25) is 4.79 Å². The van der Waals surface area contributed by atoms with Crippen LogP contribution in [0, 0.1) is 0 Å². The third-order valence-electron chi connectivity index (χ3n) is 3.57. The second-order valence-corrected chi connectivity index (χ2v) is 5.18. The van der Waals surface area contributed by atoms with Crippen LogP contribution >= 0.6 is 0 Å². The van der Waals surface area contributed by atoms with E-state index < -0.39 is 0 Å². The normalized spacial score (nSPS) is 10.9. The molecule has 0 spiro atoms. The summed E-state index contributed by atoms with van der Waals surface area (Å²) in [6.07, 6.45) is 4.36. The highest BCUT2D eigenvalue weighted by atomic mass is 16.5. The molecule has 0 aliphatic rings. The maximum Gasteiger partial charge on any atom is 0.189 e. The zero-order valence-electron chi connectivity index (χ0n) is 13.2. The number of phenols is 2. The second-order valence-electron chi connectivity index (χ2n) is 5.18. The number of benzene rings is 2. The molecule has 0 radical (unpaired) electrons. The van der Waals surface area contributed by atoms with E-state index in [-0.39, 0.29) is 22.8 Å². The molecule has 0 fully saturated rings. The van der Waals surface area contributed by atoms with Crippen molar-refractivity contribution in [3.8, 4) is 17.2 Å². The number of ketones is 1. The van der Waals surface area contributed by atoms with Gasteiger partial charge < -0.3 is 14.9 Å². The zero-order valence-corrected chi connectivity index (χ0v) is 13.2. The lowest BCUT2D eigenvalue weighted by molar-refractivity contribution is 0.104. The lowest BCUT2D eigenvalue weighted by Crippen LogP contribution is -1.98. The highest BCUT2D eigenvalue weighted by Crippen LogP contribution is 2.32. The van der Waals surface area contributed by atoms with Crippen LogP contribution in [-0.2, 0) is 6.42 Å². The van der Waals surface area contributed by atoms with E-state index in [2.05, 4.69) is 0 Å². The third kappa shape index (κ3) is 3.92. The number of rotatable bonds is 6. The number of hydrogen-bond acceptors (Lipinski definition) is 4. The highest BCUT2D eigenvalue weighted by Gasteiger charge is 2.15. The minimum atomic E-state index is -0.310. The van der Waals surface area contributed by atoms with Crippen LogP contribution in [0.4, 0.5) is 0 Å². The quantitative estimate of drug-likeness (QED) is 0.626. The standard InChI is InChI=1S/C19H20O4/c1-3-4-15-18(21)12-10-16(19(15)22)17(20)11-7-13-5-8-14(23-2)9-6-13/h5-12,21-22H,3-4H2,1-2H3/b11-7+. The molecule has 0 amide bonds. The molecule has 2 rings (SSSR count). The Hall–Kier alpha value is -2.75. The van der Waals surface area contributed by atoms with Crippen molar-refractivity contribution in [2.45, 2.75) is 19.8 Å². The molecule has 2 aromatic carbocycles. The van der Waals surface area contributed by atoms with Crippen LogP contribution in [0.2, 0.25) is 0 Å². The van der Waals surface area contributed by atoms with Crippen molar-refractivity contribution >= 4 is 11.9 Å². The average molecular weight is 312 g/mol. The van der Waals surface area contributed by atoms with Gasteiger partial charge in [0, 0.05) is 5.56 Å². The first kappa shape index (κ1) is 16.6. The van der Waals surface area contributed by atoms with E-state index in [1.807, 2.05) is 31.2 Å². The Bertz CT molecular complexity index is 715. The van der Waals surface area contributed by atoms with E-state index in [0.29, 0.717) is 12.0 Å². The van der Waals surface area contributed by atoms with E-state index in [0.717, 1.165) is 17.7 Å². The Labute approximate surface area is 135 Å². The molecule has 4 heteroatoms. The van der Waals surface area contributed by atoms with E-state index in [9.17, 15) is 15.0 Å². The Kier molecular flexibility index (Phi) is 5.41. The number of methoxy groups -OCH3 is 1. The minimum absolute atomic E-state index is 0.0139. The van der Waals surface area contributed by atoms with Crippen LogP contribution in [0.25, 0.3) is 6.08 Å². The lowest BCUT2D eigenvalue weighted by atomic mass is 10.0. The first-order valence-electron chi connectivity index (χ1n) is 7.47. The molecule has 0 aromatic heterocycles. The molecule has 0 aliphatic heterocycles. The SMILES string of the molecule is CCCc1c(O)ccc(C(=O)/C=C/c2ccc(OC)cc2)c1O. The van der Waals surface area contributed by atoms with E-state index in [1.165, 1.54) is 18.2 Å². The van der Waals surface area contributed by atoms with E-state index in [4.69, 9.17) is 4.74 Å². The smallest absolute Gasteiger partial charge is 0.189 e. The van der Waals surface area contributed by atoms with Crippen LogP contribution in [-0.4, -0.2) is 23.1 Å². The average Bonchev–Trinajstić information content (AvgIpc) is 2.57. The fraction of sp³-hybridized carbons (Fsp3) is 0.211. The highest BCUT2D eigenvalue weighted by molar-refractivity contribution is 6.09. The predicted octanol–water partition coefficient (Wildman–Crippen LogP) is 3.96. The van der Waals surface area contributed by atoms with Gasteiger partial charge in [0.25, 0.3) is 0 Å². The van der Waals surface area contributed by atoms with Gasteiger partial charge in [-0.25, -0.2) is 0 Å². The number of aromatic hydroxyl groups is 2. The van der Waals surface area contributed by atoms with Crippen LogP contribution in [0.15, 0.2) is 42.5 Å². The Morgan fingerprint density at radius 1 is 1.13 bits per heavy atom. The summed E-state index contributed by atoms with van der Waals surface area (Å²) in [7, 11) is 1.59. The van der Waals surface area contributed by atoms with Gasteiger partial charge in [0.05, 0.1) is 12.7 Å². The number of carbonyl (C=O) groups excluding carboxylic acids is 1. The summed E-state index contributed by atoms with van der Waals surface area (Å²) >= 11 is 0. The fourth-order valence-corrected chi connectivity index (χ4v) is 2.30. The van der Waals surface area contributed by atoms with Crippen molar-refractivity contribution in [2.24, 2.45) is 0 Å². The Morgan fingerprint density at radius 2 is 1.83 bits per heavy atom. The molecule has 0 bridgehead atoms. The van der Waals surface area contributed by atoms with Crippen molar-refractivity contribution in [3.05, 3.63) is 59.2 Å². The topological polar surface area (TPSA) is 66.8 Å². The lowest BCUT2D eigenvalue weighted by Gasteiger charge is -2.09. The number of carbonyl (C=O) groups is 1. The summed E-state index contributed by atoms with van der Waals surface area (Å²) in [5.74, 6) is 0.306. The Morgan fingerprint density at radius 3 is 2.43 bits per heavy atom. The molecule has 2 N–H and O–H groups in total. The first-order chi connectivity index (χ1) is 11.1. The molecule has 0 heterocycles. The summed E-state index contributed by atoms with van der Waals surface area (Å²) in [6.45, 7) is 1.94. The van der Waals surface area contributed by atoms with Gasteiger partial charge in [-0.1, -0.05) is 31.6 Å². The maximum absolute atomic E-state index is 12.3. The van der Waals surface area contributed by atoms with Crippen molar-refractivity contribution in [2.75, 3.05) is 7.11 Å². The number of hydrogen-bond donors (Lipinski definition) is 2. The number of allylic oxidation sites excluding steroid dienone is 1. The van der Waals surface area contributed by atoms with E-state index >= 15 is 0 Å². The molecule has 0 saturated heterocycles. The van der Waals surface area contributed by atoms with Crippen LogP contribution in [0.5, 0.6) is 17.2 Å². The largest absolute Gasteiger partial charge is 0.508 e. The summed E-state index contributed by atoms with van der Waals surface area (Å²) in [5.41, 5.74) is 1.46. The molecule has 2 aromatic rings. The summed E-state index contributed by atoms with van der Waals surface area (Å²) in [4.78, 5) is 12.3. The molecular formula is C19H20O4. The van der Waals surface area contributed by atoms with Crippen molar-refractivity contribution in [1.29, 1.82) is 0 Å². The molecule has 120 valence electrons. The molecule has 0 saturated carbocycles.